The molecule has 1 unspecified atom stereocenters. The Balaban J connectivity index is 1.40. The second-order valence-electron chi connectivity index (χ2n) is 13.5. The van der Waals surface area contributed by atoms with Crippen molar-refractivity contribution >= 4 is 28.5 Å². The highest BCUT2D eigenvalue weighted by atomic mass is 16.7. The van der Waals surface area contributed by atoms with Crippen molar-refractivity contribution in [3.8, 4) is 0 Å². The number of fused-ring (bicyclic) bond motifs is 3. The smallest absolute Gasteiger partial charge is 0.339 e. The van der Waals surface area contributed by atoms with Crippen LogP contribution in [0.2, 0.25) is 0 Å². The quantitative estimate of drug-likeness (QED) is 0.428. The molecule has 4 aliphatic carbocycles. The third-order valence-electron chi connectivity index (χ3n) is 11.4. The first-order valence-electron chi connectivity index (χ1n) is 14.5. The van der Waals surface area contributed by atoms with Gasteiger partial charge in [-0.2, -0.15) is 0 Å². The number of Topliss-reactive ketones (excluding diaryl/α,β-unsaturated/α-hetero) is 1. The second kappa shape index (κ2) is 8.49. The molecule has 2 saturated heterocycles. The van der Waals surface area contributed by atoms with Gasteiger partial charge in [0.25, 0.3) is 0 Å². The van der Waals surface area contributed by atoms with Crippen LogP contribution >= 0.6 is 0 Å². The molecule has 2 heterocycles. The molecule has 2 N–H and O–H groups in total. The highest BCUT2D eigenvalue weighted by Gasteiger charge is 2.88. The molecule has 216 valence electrons. The summed E-state index contributed by atoms with van der Waals surface area (Å²) in [5.41, 5.74) is -2.58. The SMILES string of the molecule is C=C1C(=O)[C@@]23C(CC[C@@H]1[C@H]2OC(=O)c1cccc2ccccc12)[C@@]12CO[C@@]3(O)[C@@H](O)[C@@H]1C(C)(C)CC[C@@H]2OC(C)=O. The van der Waals surface area contributed by atoms with Gasteiger partial charge < -0.3 is 24.4 Å². The molecule has 2 spiro atoms. The highest BCUT2D eigenvalue weighted by Crippen LogP contribution is 2.77. The van der Waals surface area contributed by atoms with E-state index in [0.29, 0.717) is 36.6 Å². The minimum atomic E-state index is -2.31. The lowest BCUT2D eigenvalue weighted by Gasteiger charge is -2.74. The van der Waals surface area contributed by atoms with Gasteiger partial charge in [-0.3, -0.25) is 9.59 Å². The van der Waals surface area contributed by atoms with Gasteiger partial charge >= 0.3 is 11.9 Å². The van der Waals surface area contributed by atoms with Crippen LogP contribution in [0.3, 0.4) is 0 Å². The zero-order valence-electron chi connectivity index (χ0n) is 23.6. The van der Waals surface area contributed by atoms with Crippen molar-refractivity contribution in [2.24, 2.45) is 34.0 Å². The van der Waals surface area contributed by atoms with Crippen LogP contribution < -0.4 is 0 Å². The van der Waals surface area contributed by atoms with E-state index in [2.05, 4.69) is 6.58 Å². The maximum absolute atomic E-state index is 14.4. The predicted octanol–water partition coefficient (Wildman–Crippen LogP) is 3.96. The molecule has 0 radical (unpaired) electrons. The molecule has 6 fully saturated rings. The maximum Gasteiger partial charge on any atom is 0.339 e. The average molecular weight is 561 g/mol. The largest absolute Gasteiger partial charge is 0.462 e. The topological polar surface area (TPSA) is 119 Å². The van der Waals surface area contributed by atoms with E-state index in [0.717, 1.165) is 5.39 Å². The number of carbonyl (C=O) groups excluding carboxylic acids is 3. The van der Waals surface area contributed by atoms with Gasteiger partial charge in [0.2, 0.25) is 5.79 Å². The Bertz CT molecular complexity index is 1510. The molecular formula is C33H36O8. The van der Waals surface area contributed by atoms with E-state index in [-0.39, 0.29) is 12.2 Å². The molecule has 2 aromatic rings. The van der Waals surface area contributed by atoms with E-state index in [9.17, 15) is 24.6 Å². The Morgan fingerprint density at radius 3 is 2.54 bits per heavy atom. The van der Waals surface area contributed by atoms with Crippen LogP contribution in [-0.4, -0.2) is 58.6 Å². The Kier molecular flexibility index (Phi) is 5.55. The molecule has 4 bridgehead atoms. The van der Waals surface area contributed by atoms with E-state index in [1.54, 1.807) is 12.1 Å². The van der Waals surface area contributed by atoms with Crippen LogP contribution in [0.4, 0.5) is 0 Å². The van der Waals surface area contributed by atoms with Crippen LogP contribution in [0.15, 0.2) is 54.6 Å². The van der Waals surface area contributed by atoms with E-state index in [1.807, 2.05) is 44.2 Å². The summed E-state index contributed by atoms with van der Waals surface area (Å²) in [6.45, 7) is 9.57. The number of rotatable bonds is 3. The van der Waals surface area contributed by atoms with E-state index < -0.39 is 75.8 Å². The molecule has 8 nitrogen and oxygen atoms in total. The Labute approximate surface area is 238 Å². The Hall–Kier alpha value is -3.07. The lowest BCUT2D eigenvalue weighted by Crippen LogP contribution is -2.86. The van der Waals surface area contributed by atoms with Gasteiger partial charge in [-0.1, -0.05) is 56.8 Å². The van der Waals surface area contributed by atoms with Crippen molar-refractivity contribution < 1.29 is 38.8 Å². The number of benzene rings is 2. The number of hydrogen-bond acceptors (Lipinski definition) is 8. The van der Waals surface area contributed by atoms with Crippen molar-refractivity contribution in [2.75, 3.05) is 6.61 Å². The van der Waals surface area contributed by atoms with Crippen LogP contribution in [0.5, 0.6) is 0 Å². The second-order valence-corrected chi connectivity index (χ2v) is 13.5. The van der Waals surface area contributed by atoms with Crippen molar-refractivity contribution in [1.29, 1.82) is 0 Å². The molecule has 8 rings (SSSR count). The number of ketones is 1. The number of esters is 2. The van der Waals surface area contributed by atoms with Gasteiger partial charge in [0, 0.05) is 24.2 Å². The summed E-state index contributed by atoms with van der Waals surface area (Å²) >= 11 is 0. The van der Waals surface area contributed by atoms with Gasteiger partial charge in [-0.25, -0.2) is 4.79 Å². The fourth-order valence-corrected chi connectivity index (χ4v) is 9.97. The predicted molar refractivity (Wildman–Crippen MR) is 147 cm³/mol. The molecule has 9 atom stereocenters. The normalized spacial score (nSPS) is 42.0. The fourth-order valence-electron chi connectivity index (χ4n) is 9.97. The lowest BCUT2D eigenvalue weighted by molar-refractivity contribution is -0.457. The summed E-state index contributed by atoms with van der Waals surface area (Å²) in [7, 11) is 0. The Morgan fingerprint density at radius 2 is 1.78 bits per heavy atom. The van der Waals surface area contributed by atoms with Crippen LogP contribution in [-0.2, 0) is 23.8 Å². The van der Waals surface area contributed by atoms with Gasteiger partial charge in [0.1, 0.15) is 23.7 Å². The number of aliphatic hydroxyl groups is 2. The first-order valence-corrected chi connectivity index (χ1v) is 14.5. The number of ether oxygens (including phenoxy) is 3. The highest BCUT2D eigenvalue weighted by molar-refractivity contribution is 6.07. The third-order valence-corrected chi connectivity index (χ3v) is 11.4. The van der Waals surface area contributed by atoms with Gasteiger partial charge in [0.05, 0.1) is 12.2 Å². The Morgan fingerprint density at radius 1 is 1.05 bits per heavy atom. The van der Waals surface area contributed by atoms with Gasteiger partial charge in [-0.05, 0) is 59.4 Å². The number of aliphatic hydroxyl groups excluding tert-OH is 1. The molecular weight excluding hydrogens is 524 g/mol. The van der Waals surface area contributed by atoms with Gasteiger partial charge in [0.15, 0.2) is 5.78 Å². The van der Waals surface area contributed by atoms with Crippen LogP contribution in [0.25, 0.3) is 10.8 Å². The number of carbonyl (C=O) groups is 3. The summed E-state index contributed by atoms with van der Waals surface area (Å²) < 4.78 is 18.5. The van der Waals surface area contributed by atoms with Crippen LogP contribution in [0.1, 0.15) is 56.8 Å². The number of hydrogen-bond donors (Lipinski definition) is 2. The fraction of sp³-hybridized carbons (Fsp3) is 0.545. The molecule has 41 heavy (non-hydrogen) atoms. The van der Waals surface area contributed by atoms with E-state index in [4.69, 9.17) is 14.2 Å². The van der Waals surface area contributed by atoms with Crippen molar-refractivity contribution in [3.05, 3.63) is 60.2 Å². The summed E-state index contributed by atoms with van der Waals surface area (Å²) in [6.07, 6.45) is -0.997. The van der Waals surface area contributed by atoms with Crippen molar-refractivity contribution in [1.82, 2.24) is 0 Å². The summed E-state index contributed by atoms with van der Waals surface area (Å²) in [5, 5.41) is 26.1. The molecule has 2 aliphatic heterocycles. The van der Waals surface area contributed by atoms with Gasteiger partial charge in [-0.15, -0.1) is 0 Å². The molecule has 2 aromatic carbocycles. The van der Waals surface area contributed by atoms with Crippen molar-refractivity contribution in [2.45, 2.75) is 70.6 Å². The minimum Gasteiger partial charge on any atom is -0.462 e. The summed E-state index contributed by atoms with van der Waals surface area (Å²) in [5.74, 6) is -5.44. The average Bonchev–Trinajstić information content (AvgIpc) is 3.05. The van der Waals surface area contributed by atoms with E-state index >= 15 is 0 Å². The van der Waals surface area contributed by atoms with Crippen LogP contribution in [0, 0.1) is 34.0 Å². The van der Waals surface area contributed by atoms with Crippen molar-refractivity contribution in [3.63, 3.8) is 0 Å². The zero-order valence-corrected chi connectivity index (χ0v) is 23.6. The molecule has 8 heteroatoms. The summed E-state index contributed by atoms with van der Waals surface area (Å²) in [6, 6.07) is 12.8. The molecule has 4 saturated carbocycles. The maximum atomic E-state index is 14.4. The first-order chi connectivity index (χ1) is 19.4. The summed E-state index contributed by atoms with van der Waals surface area (Å²) in [4.78, 5) is 40.7. The standard InChI is InChI=1S/C33H36O8/c1-17-20-12-13-23-31-16-39-33(38,27(36)25(31)30(3,4)15-14-24(31)40-18(2)34)32(23,26(17)35)28(20)41-29(37)22-11-7-9-19-8-5-6-10-21(19)22/h5-11,20,23-25,27-28,36,38H,1,12-16H2,2-4H3/t20-,23?,24-,25+,27-,28+,31+,32-,33-/m0/s1. The third kappa shape index (κ3) is 3.08. The van der Waals surface area contributed by atoms with E-state index in [1.165, 1.54) is 6.92 Å². The molecule has 0 amide bonds. The molecule has 6 aliphatic rings. The lowest BCUT2D eigenvalue weighted by atomic mass is 9.35. The zero-order chi connectivity index (χ0) is 29.1. The molecule has 0 aromatic heterocycles. The minimum absolute atomic E-state index is 0.0213. The monoisotopic (exact) mass is 560 g/mol. The first kappa shape index (κ1) is 26.8.